The van der Waals surface area contributed by atoms with Gasteiger partial charge in [-0.1, -0.05) is 41.4 Å². The summed E-state index contributed by atoms with van der Waals surface area (Å²) in [6.07, 6.45) is 7.27. The zero-order valence-corrected chi connectivity index (χ0v) is 16.8. The Morgan fingerprint density at radius 3 is 2.38 bits per heavy atom. The summed E-state index contributed by atoms with van der Waals surface area (Å²) in [5.74, 6) is -0.352. The van der Waals surface area contributed by atoms with Crippen LogP contribution in [0.5, 0.6) is 5.75 Å². The van der Waals surface area contributed by atoms with Gasteiger partial charge in [0.15, 0.2) is 0 Å². The summed E-state index contributed by atoms with van der Waals surface area (Å²) in [5.41, 5.74) is 2.29. The largest absolute Gasteiger partial charge is 0.496 e. The first-order valence-corrected chi connectivity index (χ1v) is 8.48. The van der Waals surface area contributed by atoms with Gasteiger partial charge in [0.25, 0.3) is 0 Å². The molecule has 1 aromatic carbocycles. The lowest BCUT2D eigenvalue weighted by Gasteiger charge is -2.10. The van der Waals surface area contributed by atoms with Crippen LogP contribution in [0, 0.1) is 6.92 Å². The number of methoxy groups -OCH3 is 2. The van der Waals surface area contributed by atoms with E-state index in [0.717, 1.165) is 5.56 Å². The van der Waals surface area contributed by atoms with Crippen molar-refractivity contribution < 1.29 is 18.7 Å². The number of benzene rings is 1. The van der Waals surface area contributed by atoms with Crippen LogP contribution < -0.4 is 4.74 Å². The molecule has 0 heterocycles. The minimum atomic E-state index is -0.493. The number of hydrogen-bond donors (Lipinski definition) is 0. The van der Waals surface area contributed by atoms with Gasteiger partial charge in [0.1, 0.15) is 11.6 Å². The van der Waals surface area contributed by atoms with E-state index in [1.807, 2.05) is 6.92 Å². The van der Waals surface area contributed by atoms with E-state index >= 15 is 0 Å². The molecule has 0 atom stereocenters. The number of carbonyl (C=O) groups excluding carboxylic acids is 1. The van der Waals surface area contributed by atoms with Crippen LogP contribution in [0.2, 0.25) is 10.0 Å². The van der Waals surface area contributed by atoms with Crippen molar-refractivity contribution >= 4 is 35.2 Å². The van der Waals surface area contributed by atoms with Gasteiger partial charge in [-0.2, -0.15) is 0 Å². The zero-order valence-electron chi connectivity index (χ0n) is 15.3. The van der Waals surface area contributed by atoms with Crippen LogP contribution >= 0.6 is 23.2 Å². The van der Waals surface area contributed by atoms with E-state index in [1.165, 1.54) is 32.4 Å². The molecular weight excluding hydrogens is 378 g/mol. The summed E-state index contributed by atoms with van der Waals surface area (Å²) in [7, 11) is 2.82. The lowest BCUT2D eigenvalue weighted by Crippen LogP contribution is -1.94. The molecule has 3 nitrogen and oxygen atoms in total. The Kier molecular flexibility index (Phi) is 8.62. The molecule has 0 spiro atoms. The second-order valence-electron chi connectivity index (χ2n) is 5.52. The van der Waals surface area contributed by atoms with Crippen LogP contribution in [0.15, 0.2) is 47.3 Å². The number of esters is 1. The summed E-state index contributed by atoms with van der Waals surface area (Å²) in [4.78, 5) is 11.1. The molecule has 0 saturated heterocycles. The molecule has 0 radical (unpaired) electrons. The van der Waals surface area contributed by atoms with Crippen molar-refractivity contribution in [2.45, 2.75) is 20.8 Å². The van der Waals surface area contributed by atoms with E-state index < -0.39 is 11.8 Å². The van der Waals surface area contributed by atoms with Crippen molar-refractivity contribution in [3.63, 3.8) is 0 Å². The predicted molar refractivity (Wildman–Crippen MR) is 106 cm³/mol. The fourth-order valence-electron chi connectivity index (χ4n) is 2.00. The number of hydrogen-bond acceptors (Lipinski definition) is 3. The molecule has 0 bridgehead atoms. The maximum absolute atomic E-state index is 14.2. The normalized spacial score (nSPS) is 13.3. The molecule has 0 aliphatic heterocycles. The van der Waals surface area contributed by atoms with Gasteiger partial charge < -0.3 is 9.47 Å². The monoisotopic (exact) mass is 398 g/mol. The van der Waals surface area contributed by atoms with Crippen molar-refractivity contribution in [1.82, 2.24) is 0 Å². The molecule has 1 aromatic rings. The molecule has 0 amide bonds. The topological polar surface area (TPSA) is 35.5 Å². The van der Waals surface area contributed by atoms with Crippen LogP contribution in [-0.4, -0.2) is 20.2 Å². The van der Waals surface area contributed by atoms with Gasteiger partial charge >= 0.3 is 5.97 Å². The van der Waals surface area contributed by atoms with Gasteiger partial charge in [0.05, 0.1) is 24.3 Å². The lowest BCUT2D eigenvalue weighted by atomic mass is 10.1. The highest BCUT2D eigenvalue weighted by Gasteiger charge is 2.11. The Morgan fingerprint density at radius 2 is 1.81 bits per heavy atom. The Hall–Kier alpha value is -2.04. The second-order valence-corrected chi connectivity index (χ2v) is 6.31. The summed E-state index contributed by atoms with van der Waals surface area (Å²) < 4.78 is 23.9. The summed E-state index contributed by atoms with van der Waals surface area (Å²) >= 11 is 12.5. The summed E-state index contributed by atoms with van der Waals surface area (Å²) in [6, 6.07) is 1.67. The van der Waals surface area contributed by atoms with Crippen molar-refractivity contribution in [3.8, 4) is 5.75 Å². The first-order valence-electron chi connectivity index (χ1n) is 7.72. The quantitative estimate of drug-likeness (QED) is 0.323. The van der Waals surface area contributed by atoms with Crippen LogP contribution in [0.25, 0.3) is 6.08 Å². The average molecular weight is 399 g/mol. The average Bonchev–Trinajstić information content (AvgIpc) is 2.61. The molecule has 0 fully saturated rings. The molecule has 0 N–H and O–H groups in total. The maximum Gasteiger partial charge on any atom is 0.330 e. The van der Waals surface area contributed by atoms with E-state index in [-0.39, 0.29) is 0 Å². The number of halogens is 3. The van der Waals surface area contributed by atoms with Crippen molar-refractivity contribution in [3.05, 3.63) is 68.5 Å². The van der Waals surface area contributed by atoms with E-state index in [0.29, 0.717) is 32.5 Å². The molecule has 0 aromatic heterocycles. The molecule has 6 heteroatoms. The van der Waals surface area contributed by atoms with Gasteiger partial charge in [-0.05, 0) is 44.1 Å². The summed E-state index contributed by atoms with van der Waals surface area (Å²) in [5, 5.41) is 0.862. The fraction of sp³-hybridized carbons (Fsp3) is 0.250. The van der Waals surface area contributed by atoms with Gasteiger partial charge in [-0.3, -0.25) is 0 Å². The minimum Gasteiger partial charge on any atom is -0.496 e. The van der Waals surface area contributed by atoms with E-state index in [1.54, 1.807) is 32.1 Å². The van der Waals surface area contributed by atoms with Crippen molar-refractivity contribution in [2.24, 2.45) is 0 Å². The standard InChI is InChI=1S/C20H21Cl2FO3/c1-12(10-19(24)26-5)6-9-17(23)13(2)7-8-15-16(21)11-18(25-4)14(3)20(15)22/h6-11H,1-5H3/b8-7+,9-6+,12-10+,17-13-. The van der Waals surface area contributed by atoms with Gasteiger partial charge in [0.2, 0.25) is 0 Å². The molecule has 140 valence electrons. The Balaban J connectivity index is 3.07. The molecular formula is C20H21Cl2FO3. The second kappa shape index (κ2) is 10.2. The highest BCUT2D eigenvalue weighted by molar-refractivity contribution is 6.38. The van der Waals surface area contributed by atoms with Gasteiger partial charge in [-0.15, -0.1) is 0 Å². The van der Waals surface area contributed by atoms with E-state index in [2.05, 4.69) is 4.74 Å². The Labute approximate surface area is 163 Å². The van der Waals surface area contributed by atoms with Crippen LogP contribution in [0.3, 0.4) is 0 Å². The van der Waals surface area contributed by atoms with Gasteiger partial charge in [-0.25, -0.2) is 9.18 Å². The highest BCUT2D eigenvalue weighted by atomic mass is 35.5. The Bertz CT molecular complexity index is 806. The SMILES string of the molecule is COC(=O)/C=C(C)/C=C/C(F)=C(C)/C=C/c1c(Cl)cc(OC)c(C)c1Cl. The molecule has 1 rings (SSSR count). The Morgan fingerprint density at radius 1 is 1.15 bits per heavy atom. The maximum atomic E-state index is 14.2. The first kappa shape index (κ1) is 22.0. The smallest absolute Gasteiger partial charge is 0.330 e. The lowest BCUT2D eigenvalue weighted by molar-refractivity contribution is -0.134. The fourth-order valence-corrected chi connectivity index (χ4v) is 2.56. The summed E-state index contributed by atoms with van der Waals surface area (Å²) in [6.45, 7) is 5.11. The zero-order chi connectivity index (χ0) is 19.9. The van der Waals surface area contributed by atoms with Crippen LogP contribution in [-0.2, 0) is 9.53 Å². The van der Waals surface area contributed by atoms with E-state index in [4.69, 9.17) is 27.9 Å². The third-order valence-corrected chi connectivity index (χ3v) is 4.39. The first-order chi connectivity index (χ1) is 12.2. The van der Waals surface area contributed by atoms with E-state index in [9.17, 15) is 9.18 Å². The molecule has 26 heavy (non-hydrogen) atoms. The number of rotatable bonds is 6. The predicted octanol–water partition coefficient (Wildman–Crippen LogP) is 6.24. The van der Waals surface area contributed by atoms with Gasteiger partial charge in [0, 0.05) is 17.2 Å². The number of allylic oxidation sites excluding steroid dienone is 6. The highest BCUT2D eigenvalue weighted by Crippen LogP contribution is 2.36. The molecule has 0 saturated carbocycles. The molecule has 0 aliphatic carbocycles. The van der Waals surface area contributed by atoms with Crippen molar-refractivity contribution in [1.29, 1.82) is 0 Å². The van der Waals surface area contributed by atoms with Crippen molar-refractivity contribution in [2.75, 3.05) is 14.2 Å². The van der Waals surface area contributed by atoms with Crippen LogP contribution in [0.1, 0.15) is 25.0 Å². The molecule has 0 aliphatic rings. The number of ether oxygens (including phenoxy) is 2. The number of carbonyl (C=O) groups is 1. The molecule has 0 unspecified atom stereocenters. The third-order valence-electron chi connectivity index (χ3n) is 3.59. The minimum absolute atomic E-state index is 0.382. The third kappa shape index (κ3) is 6.04. The van der Waals surface area contributed by atoms with Crippen LogP contribution in [0.4, 0.5) is 4.39 Å².